The first-order chi connectivity index (χ1) is 13.6. The normalized spacial score (nSPS) is 11.9. The summed E-state index contributed by atoms with van der Waals surface area (Å²) in [6, 6.07) is 20.7. The van der Waals surface area contributed by atoms with E-state index >= 15 is 0 Å². The van der Waals surface area contributed by atoms with Gasteiger partial charge in [-0.1, -0.05) is 36.4 Å². The third-order valence-electron chi connectivity index (χ3n) is 5.13. The molecule has 1 aliphatic carbocycles. The van der Waals surface area contributed by atoms with Gasteiger partial charge in [-0.05, 0) is 58.7 Å². The summed E-state index contributed by atoms with van der Waals surface area (Å²) in [6.45, 7) is 0. The summed E-state index contributed by atoms with van der Waals surface area (Å²) in [5.41, 5.74) is 6.45. The van der Waals surface area contributed by atoms with Gasteiger partial charge in [-0.15, -0.1) is 0 Å². The molecule has 0 amide bonds. The summed E-state index contributed by atoms with van der Waals surface area (Å²) in [5.74, 6) is 0.0256. The number of benzene rings is 3. The van der Waals surface area contributed by atoms with Crippen molar-refractivity contribution in [2.24, 2.45) is 0 Å². The fourth-order valence-electron chi connectivity index (χ4n) is 3.88. The first-order valence-corrected chi connectivity index (χ1v) is 9.00. The lowest BCUT2D eigenvalue weighted by Crippen LogP contribution is -1.95. The standard InChI is InChI=1S/C24H16FNO2/c25-17-7-1-5-15(10-17)21-13-19(14-4-2-8-18(27)11-14)20-12-16-6-3-9-22(28)23(16)24(20)26-21/h1-11,13,27-28H,12H2. The van der Waals surface area contributed by atoms with Gasteiger partial charge in [0, 0.05) is 17.5 Å². The second-order valence-electron chi connectivity index (χ2n) is 6.93. The van der Waals surface area contributed by atoms with E-state index in [-0.39, 0.29) is 17.3 Å². The van der Waals surface area contributed by atoms with Crippen molar-refractivity contribution in [1.29, 1.82) is 0 Å². The number of aromatic nitrogens is 1. The second kappa shape index (κ2) is 6.20. The van der Waals surface area contributed by atoms with Crippen molar-refractivity contribution in [2.75, 3.05) is 0 Å². The minimum atomic E-state index is -0.332. The minimum Gasteiger partial charge on any atom is -0.508 e. The monoisotopic (exact) mass is 369 g/mol. The van der Waals surface area contributed by atoms with Crippen LogP contribution in [0.25, 0.3) is 33.6 Å². The van der Waals surface area contributed by atoms with Crippen LogP contribution in [0.1, 0.15) is 11.1 Å². The average Bonchev–Trinajstić information content (AvgIpc) is 3.07. The van der Waals surface area contributed by atoms with E-state index in [4.69, 9.17) is 4.98 Å². The molecule has 1 aliphatic rings. The van der Waals surface area contributed by atoms with Crippen molar-refractivity contribution >= 4 is 0 Å². The van der Waals surface area contributed by atoms with Crippen LogP contribution in [0.4, 0.5) is 4.39 Å². The molecule has 0 spiro atoms. The summed E-state index contributed by atoms with van der Waals surface area (Å²) in [7, 11) is 0. The largest absolute Gasteiger partial charge is 0.508 e. The number of phenolic OH excluding ortho intramolecular Hbond substituents is 2. The zero-order chi connectivity index (χ0) is 19.3. The molecule has 3 aromatic carbocycles. The van der Waals surface area contributed by atoms with Crippen molar-refractivity contribution in [3.05, 3.63) is 89.7 Å². The molecule has 4 heteroatoms. The molecular formula is C24H16FNO2. The smallest absolute Gasteiger partial charge is 0.125 e. The molecular weight excluding hydrogens is 353 g/mol. The predicted molar refractivity (Wildman–Crippen MR) is 107 cm³/mol. The molecule has 28 heavy (non-hydrogen) atoms. The highest BCUT2D eigenvalue weighted by molar-refractivity contribution is 5.88. The van der Waals surface area contributed by atoms with Crippen LogP contribution in [0.2, 0.25) is 0 Å². The SMILES string of the molecule is Oc1cccc(-c2cc(-c3cccc(F)c3)nc3c2Cc2cccc(O)c2-3)c1. The quantitative estimate of drug-likeness (QED) is 0.430. The fraction of sp³-hybridized carbons (Fsp3) is 0.0417. The number of aromatic hydroxyl groups is 2. The lowest BCUT2D eigenvalue weighted by atomic mass is 9.96. The van der Waals surface area contributed by atoms with Gasteiger partial charge >= 0.3 is 0 Å². The Labute approximate surface area is 161 Å². The van der Waals surface area contributed by atoms with Gasteiger partial charge in [0.05, 0.1) is 11.4 Å². The van der Waals surface area contributed by atoms with Crippen LogP contribution >= 0.6 is 0 Å². The van der Waals surface area contributed by atoms with Gasteiger partial charge in [0.1, 0.15) is 17.3 Å². The molecule has 0 bridgehead atoms. The van der Waals surface area contributed by atoms with Crippen LogP contribution in [0.15, 0.2) is 72.8 Å². The summed E-state index contributed by atoms with van der Waals surface area (Å²) in [6.07, 6.45) is 0.639. The Balaban J connectivity index is 1.82. The van der Waals surface area contributed by atoms with Crippen molar-refractivity contribution in [1.82, 2.24) is 4.98 Å². The van der Waals surface area contributed by atoms with Gasteiger partial charge in [0.25, 0.3) is 0 Å². The number of hydrogen-bond acceptors (Lipinski definition) is 3. The number of rotatable bonds is 2. The zero-order valence-corrected chi connectivity index (χ0v) is 14.9. The Morgan fingerprint density at radius 1 is 0.821 bits per heavy atom. The number of halogens is 1. The summed E-state index contributed by atoms with van der Waals surface area (Å²) in [5, 5.41) is 20.4. The molecule has 3 nitrogen and oxygen atoms in total. The molecule has 4 aromatic rings. The highest BCUT2D eigenvalue weighted by atomic mass is 19.1. The molecule has 5 rings (SSSR count). The average molecular weight is 369 g/mol. The Morgan fingerprint density at radius 2 is 1.61 bits per heavy atom. The van der Waals surface area contributed by atoms with E-state index < -0.39 is 0 Å². The maximum Gasteiger partial charge on any atom is 0.125 e. The molecule has 136 valence electrons. The topological polar surface area (TPSA) is 53.4 Å². The number of fused-ring (bicyclic) bond motifs is 3. The van der Waals surface area contributed by atoms with E-state index in [1.807, 2.05) is 30.3 Å². The Hall–Kier alpha value is -3.66. The Morgan fingerprint density at radius 3 is 2.43 bits per heavy atom. The van der Waals surface area contributed by atoms with Crippen molar-refractivity contribution in [2.45, 2.75) is 6.42 Å². The predicted octanol–water partition coefficient (Wildman–Crippen LogP) is 5.54. The maximum atomic E-state index is 13.8. The van der Waals surface area contributed by atoms with Crippen LogP contribution in [-0.4, -0.2) is 15.2 Å². The van der Waals surface area contributed by atoms with Gasteiger partial charge in [-0.2, -0.15) is 0 Å². The third-order valence-corrected chi connectivity index (χ3v) is 5.13. The van der Waals surface area contributed by atoms with Gasteiger partial charge < -0.3 is 10.2 Å². The van der Waals surface area contributed by atoms with Gasteiger partial charge in [-0.3, -0.25) is 0 Å². The molecule has 1 aromatic heterocycles. The molecule has 1 heterocycles. The van der Waals surface area contributed by atoms with Crippen LogP contribution in [0.3, 0.4) is 0 Å². The highest BCUT2D eigenvalue weighted by Gasteiger charge is 2.27. The summed E-state index contributed by atoms with van der Waals surface area (Å²) >= 11 is 0. The van der Waals surface area contributed by atoms with E-state index in [9.17, 15) is 14.6 Å². The van der Waals surface area contributed by atoms with Gasteiger partial charge in [-0.25, -0.2) is 9.37 Å². The lowest BCUT2D eigenvalue weighted by molar-refractivity contribution is 0.475. The van der Waals surface area contributed by atoms with Crippen molar-refractivity contribution in [3.63, 3.8) is 0 Å². The number of pyridine rings is 1. The molecule has 0 aliphatic heterocycles. The molecule has 0 atom stereocenters. The number of nitrogens with zero attached hydrogens (tertiary/aromatic N) is 1. The van der Waals surface area contributed by atoms with E-state index in [0.717, 1.165) is 27.8 Å². The Kier molecular flexibility index (Phi) is 3.66. The second-order valence-corrected chi connectivity index (χ2v) is 6.93. The van der Waals surface area contributed by atoms with Crippen molar-refractivity contribution in [3.8, 4) is 45.1 Å². The first kappa shape index (κ1) is 16.5. The number of hydrogen-bond donors (Lipinski definition) is 2. The van der Waals surface area contributed by atoms with Crippen LogP contribution < -0.4 is 0 Å². The molecule has 0 saturated carbocycles. The van der Waals surface area contributed by atoms with Crippen LogP contribution in [0, 0.1) is 5.82 Å². The van der Waals surface area contributed by atoms with Crippen molar-refractivity contribution < 1.29 is 14.6 Å². The fourth-order valence-corrected chi connectivity index (χ4v) is 3.88. The van der Waals surface area contributed by atoms with E-state index in [0.29, 0.717) is 23.4 Å². The number of phenols is 2. The van der Waals surface area contributed by atoms with E-state index in [2.05, 4.69) is 0 Å². The zero-order valence-electron chi connectivity index (χ0n) is 14.9. The van der Waals surface area contributed by atoms with Crippen LogP contribution in [-0.2, 0) is 6.42 Å². The lowest BCUT2D eigenvalue weighted by Gasteiger charge is -2.13. The molecule has 0 fully saturated rings. The highest BCUT2D eigenvalue weighted by Crippen LogP contribution is 2.46. The Bertz CT molecular complexity index is 1230. The molecule has 0 saturated heterocycles. The summed E-state index contributed by atoms with van der Waals surface area (Å²) in [4.78, 5) is 4.79. The van der Waals surface area contributed by atoms with Gasteiger partial charge in [0.15, 0.2) is 0 Å². The van der Waals surface area contributed by atoms with Gasteiger partial charge in [0.2, 0.25) is 0 Å². The third kappa shape index (κ3) is 2.62. The minimum absolute atomic E-state index is 0.175. The van der Waals surface area contributed by atoms with Crippen LogP contribution in [0.5, 0.6) is 11.5 Å². The molecule has 0 radical (unpaired) electrons. The molecule has 0 unspecified atom stereocenters. The summed E-state index contributed by atoms with van der Waals surface area (Å²) < 4.78 is 13.8. The van der Waals surface area contributed by atoms with E-state index in [1.54, 1.807) is 30.3 Å². The van der Waals surface area contributed by atoms with E-state index in [1.165, 1.54) is 12.1 Å². The first-order valence-electron chi connectivity index (χ1n) is 9.00. The molecule has 2 N–H and O–H groups in total. The maximum absolute atomic E-state index is 13.8.